The molecule has 0 saturated heterocycles. The number of nitrogens with one attached hydrogen (secondary N) is 2. The van der Waals surface area contributed by atoms with Gasteiger partial charge in [-0.2, -0.15) is 0 Å². The zero-order valence-electron chi connectivity index (χ0n) is 14.5. The number of aryl methyl sites for hydroxylation is 1. The molecule has 2 N–H and O–H groups in total. The van der Waals surface area contributed by atoms with E-state index in [4.69, 9.17) is 0 Å². The van der Waals surface area contributed by atoms with Crippen molar-refractivity contribution in [2.75, 3.05) is 4.72 Å². The van der Waals surface area contributed by atoms with E-state index in [1.807, 2.05) is 11.6 Å². The average molecular weight is 414 g/mol. The summed E-state index contributed by atoms with van der Waals surface area (Å²) < 4.78 is 30.1. The van der Waals surface area contributed by atoms with Crippen LogP contribution in [0.1, 0.15) is 20.7 Å². The van der Waals surface area contributed by atoms with Gasteiger partial charge in [0.05, 0.1) is 21.7 Å². The third kappa shape index (κ3) is 3.27. The molecule has 10 heteroatoms. The lowest BCUT2D eigenvalue weighted by molar-refractivity contribution is 0.0879. The van der Waals surface area contributed by atoms with Crippen LogP contribution in [0.15, 0.2) is 69.8 Å². The van der Waals surface area contributed by atoms with E-state index in [9.17, 15) is 18.0 Å². The Balaban J connectivity index is 1.66. The van der Waals surface area contributed by atoms with E-state index in [0.717, 1.165) is 0 Å². The van der Waals surface area contributed by atoms with E-state index < -0.39 is 21.8 Å². The maximum absolute atomic E-state index is 12.9. The van der Waals surface area contributed by atoms with E-state index >= 15 is 0 Å². The average Bonchev–Trinajstić information content (AvgIpc) is 3.19. The molecule has 1 aromatic heterocycles. The molecule has 0 bridgehead atoms. The summed E-state index contributed by atoms with van der Waals surface area (Å²) in [6, 6.07) is 10.8. The molecule has 3 aromatic rings. The first-order valence-corrected chi connectivity index (χ1v) is 10.4. The normalized spacial score (nSPS) is 13.3. The number of para-hydroxylation sites is 1. The zero-order chi connectivity index (χ0) is 19.9. The molecule has 0 unspecified atom stereocenters. The van der Waals surface area contributed by atoms with Crippen molar-refractivity contribution in [3.05, 3.63) is 66.0 Å². The van der Waals surface area contributed by atoms with E-state index in [0.29, 0.717) is 15.7 Å². The third-order valence-electron chi connectivity index (χ3n) is 4.13. The topological polar surface area (TPSA) is 110 Å². The van der Waals surface area contributed by atoms with Crippen LogP contribution < -0.4 is 10.0 Å². The summed E-state index contributed by atoms with van der Waals surface area (Å²) in [5.74, 6) is -1.14. The van der Waals surface area contributed by atoms with Crippen molar-refractivity contribution in [1.82, 2.24) is 14.9 Å². The molecule has 142 valence electrons. The number of fused-ring (bicyclic) bond motifs is 1. The zero-order valence-corrected chi connectivity index (χ0v) is 16.2. The lowest BCUT2D eigenvalue weighted by Gasteiger charge is -2.12. The molecule has 8 nitrogen and oxygen atoms in total. The molecule has 0 spiro atoms. The number of nitrogens with zero attached hydrogens (tertiary/aromatic N) is 2. The van der Waals surface area contributed by atoms with E-state index in [1.54, 1.807) is 36.7 Å². The van der Waals surface area contributed by atoms with Crippen LogP contribution in [-0.2, 0) is 17.1 Å². The van der Waals surface area contributed by atoms with Gasteiger partial charge in [-0.25, -0.2) is 13.4 Å². The lowest BCUT2D eigenvalue weighted by Crippen LogP contribution is -2.20. The molecule has 1 aliphatic rings. The number of aromatic nitrogens is 2. The second-order valence-corrected chi connectivity index (χ2v) is 8.71. The second kappa shape index (κ2) is 6.80. The number of hydrogen-bond acceptors (Lipinski definition) is 6. The van der Waals surface area contributed by atoms with Gasteiger partial charge in [-0.05, 0) is 42.1 Å². The lowest BCUT2D eigenvalue weighted by atomic mass is 10.1. The Labute approximate surface area is 165 Å². The molecule has 2 amide bonds. The molecule has 28 heavy (non-hydrogen) atoms. The number of amides is 2. The molecule has 2 aromatic carbocycles. The van der Waals surface area contributed by atoms with Crippen molar-refractivity contribution < 1.29 is 18.0 Å². The highest BCUT2D eigenvalue weighted by molar-refractivity contribution is 7.99. The van der Waals surface area contributed by atoms with Crippen LogP contribution in [0.4, 0.5) is 5.69 Å². The number of carbonyl (C=O) groups excluding carboxylic acids is 2. The Bertz CT molecular complexity index is 1220. The fraction of sp³-hybridized carbons (Fsp3) is 0.0556. The Kier molecular flexibility index (Phi) is 4.44. The fourth-order valence-electron chi connectivity index (χ4n) is 2.71. The predicted octanol–water partition coefficient (Wildman–Crippen LogP) is 2.26. The molecule has 2 heterocycles. The van der Waals surface area contributed by atoms with Crippen molar-refractivity contribution in [3.63, 3.8) is 0 Å². The van der Waals surface area contributed by atoms with Crippen LogP contribution in [0.3, 0.4) is 0 Å². The maximum atomic E-state index is 12.9. The fourth-order valence-corrected chi connectivity index (χ4v) is 4.77. The van der Waals surface area contributed by atoms with E-state index in [2.05, 4.69) is 15.0 Å². The molecule has 0 atom stereocenters. The Morgan fingerprint density at radius 3 is 2.57 bits per heavy atom. The summed E-state index contributed by atoms with van der Waals surface area (Å²) in [4.78, 5) is 28.3. The standard InChI is InChI=1S/C18H14N4O4S2/c1-22-9-8-19-18(22)27-15-5-3-2-4-14(15)21-28(25,26)11-6-7-12-13(10-11)17(24)20-16(12)23/h2-10,21H,1H3,(H,20,23,24). The number of anilines is 1. The first-order valence-electron chi connectivity index (χ1n) is 8.12. The number of carbonyl (C=O) groups is 2. The number of imidazole rings is 1. The van der Waals surface area contributed by atoms with E-state index in [1.165, 1.54) is 30.0 Å². The SMILES string of the molecule is Cn1ccnc1Sc1ccccc1NS(=O)(=O)c1ccc2c(c1)C(=O)NC2=O. The Morgan fingerprint density at radius 2 is 1.82 bits per heavy atom. The highest BCUT2D eigenvalue weighted by Gasteiger charge is 2.29. The Morgan fingerprint density at radius 1 is 1.07 bits per heavy atom. The van der Waals surface area contributed by atoms with Crippen molar-refractivity contribution in [2.24, 2.45) is 7.05 Å². The van der Waals surface area contributed by atoms with Crippen LogP contribution >= 0.6 is 11.8 Å². The van der Waals surface area contributed by atoms with Gasteiger partial charge < -0.3 is 4.57 Å². The number of imide groups is 1. The molecule has 0 fully saturated rings. The van der Waals surface area contributed by atoms with Gasteiger partial charge in [0.15, 0.2) is 5.16 Å². The molecule has 0 radical (unpaired) electrons. The van der Waals surface area contributed by atoms with Gasteiger partial charge in [0.25, 0.3) is 21.8 Å². The minimum atomic E-state index is -3.97. The molecule has 0 saturated carbocycles. The molecule has 0 aliphatic carbocycles. The van der Waals surface area contributed by atoms with Gasteiger partial charge >= 0.3 is 0 Å². The smallest absolute Gasteiger partial charge is 0.261 e. The first kappa shape index (κ1) is 18.3. The summed E-state index contributed by atoms with van der Waals surface area (Å²) >= 11 is 1.32. The Hall–Kier alpha value is -3.11. The van der Waals surface area contributed by atoms with Crippen LogP contribution in [0.5, 0.6) is 0 Å². The maximum Gasteiger partial charge on any atom is 0.261 e. The van der Waals surface area contributed by atoms with Crippen LogP contribution in [0.2, 0.25) is 0 Å². The van der Waals surface area contributed by atoms with Crippen molar-refractivity contribution in [2.45, 2.75) is 14.9 Å². The molecule has 1 aliphatic heterocycles. The van der Waals surface area contributed by atoms with Crippen LogP contribution in [0.25, 0.3) is 0 Å². The number of rotatable bonds is 5. The molecule has 4 rings (SSSR count). The van der Waals surface area contributed by atoms with Gasteiger partial charge in [-0.15, -0.1) is 0 Å². The van der Waals surface area contributed by atoms with Gasteiger partial charge in [0.1, 0.15) is 0 Å². The van der Waals surface area contributed by atoms with Gasteiger partial charge in [-0.1, -0.05) is 12.1 Å². The van der Waals surface area contributed by atoms with E-state index in [-0.39, 0.29) is 16.0 Å². The minimum Gasteiger partial charge on any atom is -0.329 e. The highest BCUT2D eigenvalue weighted by Crippen LogP contribution is 2.33. The van der Waals surface area contributed by atoms with Crippen molar-refractivity contribution >= 4 is 39.3 Å². The van der Waals surface area contributed by atoms with Crippen molar-refractivity contribution in [3.8, 4) is 0 Å². The summed E-state index contributed by atoms with van der Waals surface area (Å²) in [6.45, 7) is 0. The summed E-state index contributed by atoms with van der Waals surface area (Å²) in [6.07, 6.45) is 3.46. The predicted molar refractivity (Wildman–Crippen MR) is 103 cm³/mol. The summed E-state index contributed by atoms with van der Waals surface area (Å²) in [5.41, 5.74) is 0.592. The van der Waals surface area contributed by atoms with Gasteiger partial charge in [0.2, 0.25) is 0 Å². The number of benzene rings is 2. The molecular formula is C18H14N4O4S2. The highest BCUT2D eigenvalue weighted by atomic mass is 32.2. The second-order valence-electron chi connectivity index (χ2n) is 6.02. The largest absolute Gasteiger partial charge is 0.329 e. The third-order valence-corrected chi connectivity index (χ3v) is 6.64. The monoisotopic (exact) mass is 414 g/mol. The van der Waals surface area contributed by atoms with Gasteiger partial charge in [-0.3, -0.25) is 19.6 Å². The molecular weight excluding hydrogens is 400 g/mol. The van der Waals surface area contributed by atoms with Crippen LogP contribution in [-0.4, -0.2) is 29.8 Å². The number of hydrogen-bond donors (Lipinski definition) is 2. The van der Waals surface area contributed by atoms with Gasteiger partial charge in [0, 0.05) is 24.3 Å². The quantitative estimate of drug-likeness (QED) is 0.620. The first-order chi connectivity index (χ1) is 13.3. The minimum absolute atomic E-state index is 0.0449. The number of sulfonamides is 1. The summed E-state index contributed by atoms with van der Waals surface area (Å²) in [7, 11) is -2.12. The van der Waals surface area contributed by atoms with Crippen molar-refractivity contribution in [1.29, 1.82) is 0 Å². The van der Waals surface area contributed by atoms with Crippen LogP contribution in [0, 0.1) is 0 Å². The summed E-state index contributed by atoms with van der Waals surface area (Å²) in [5, 5.41) is 2.85.